The van der Waals surface area contributed by atoms with Crippen LogP contribution in [0.1, 0.15) is 41.9 Å². The number of hydrogen-bond acceptors (Lipinski definition) is 2. The third-order valence-electron chi connectivity index (χ3n) is 3.82. The van der Waals surface area contributed by atoms with E-state index < -0.39 is 0 Å². The van der Waals surface area contributed by atoms with Crippen LogP contribution in [0.15, 0.2) is 18.2 Å². The van der Waals surface area contributed by atoms with Crippen molar-refractivity contribution in [2.45, 2.75) is 54.1 Å². The predicted octanol–water partition coefficient (Wildman–Crippen LogP) is 3.60. The molecular weight excluding hydrogens is 246 g/mol. The zero-order valence-electron chi connectivity index (χ0n) is 13.4. The minimum Gasteiger partial charge on any atom is -0.310 e. The molecule has 0 saturated carbocycles. The fourth-order valence-corrected chi connectivity index (χ4v) is 2.33. The van der Waals surface area contributed by atoms with Crippen molar-refractivity contribution in [2.75, 3.05) is 0 Å². The molecule has 0 saturated heterocycles. The average molecular weight is 271 g/mol. The number of aryl methyl sites for hydroxylation is 2. The van der Waals surface area contributed by atoms with Crippen LogP contribution in [0.3, 0.4) is 0 Å². The van der Waals surface area contributed by atoms with Crippen LogP contribution in [0.25, 0.3) is 5.69 Å². The maximum Gasteiger partial charge on any atom is 0.0694 e. The second-order valence-corrected chi connectivity index (χ2v) is 5.88. The van der Waals surface area contributed by atoms with Crippen molar-refractivity contribution >= 4 is 0 Å². The molecule has 0 spiro atoms. The normalized spacial score (nSPS) is 11.3. The molecule has 0 aliphatic rings. The number of hydrogen-bond donors (Lipinski definition) is 1. The minimum absolute atomic E-state index is 0.477. The van der Waals surface area contributed by atoms with Gasteiger partial charge in [-0.3, -0.25) is 0 Å². The molecule has 1 N–H and O–H groups in total. The van der Waals surface area contributed by atoms with Crippen molar-refractivity contribution in [3.05, 3.63) is 46.3 Å². The first-order valence-electron chi connectivity index (χ1n) is 7.26. The van der Waals surface area contributed by atoms with Gasteiger partial charge in [0.1, 0.15) is 0 Å². The third kappa shape index (κ3) is 2.93. The van der Waals surface area contributed by atoms with Crippen LogP contribution in [-0.2, 0) is 6.54 Å². The molecule has 1 aromatic heterocycles. The first-order chi connectivity index (χ1) is 9.40. The molecule has 0 unspecified atom stereocenters. The smallest absolute Gasteiger partial charge is 0.0694 e. The average Bonchev–Trinajstić information content (AvgIpc) is 2.64. The molecule has 0 fully saturated rings. The van der Waals surface area contributed by atoms with E-state index in [0.29, 0.717) is 6.04 Å². The van der Waals surface area contributed by atoms with E-state index in [1.165, 1.54) is 28.1 Å². The summed E-state index contributed by atoms with van der Waals surface area (Å²) in [6.07, 6.45) is 0. The Kier molecular flexibility index (Phi) is 4.29. The van der Waals surface area contributed by atoms with Crippen LogP contribution in [0.2, 0.25) is 0 Å². The molecule has 1 aromatic carbocycles. The highest BCUT2D eigenvalue weighted by Gasteiger charge is 2.12. The van der Waals surface area contributed by atoms with Crippen molar-refractivity contribution in [2.24, 2.45) is 0 Å². The predicted molar refractivity (Wildman–Crippen MR) is 84.5 cm³/mol. The molecule has 3 nitrogen and oxygen atoms in total. The van der Waals surface area contributed by atoms with Gasteiger partial charge >= 0.3 is 0 Å². The summed E-state index contributed by atoms with van der Waals surface area (Å²) in [6.45, 7) is 13.7. The Balaban J connectivity index is 2.47. The van der Waals surface area contributed by atoms with Crippen LogP contribution >= 0.6 is 0 Å². The van der Waals surface area contributed by atoms with Crippen molar-refractivity contribution in [1.29, 1.82) is 0 Å². The van der Waals surface area contributed by atoms with Gasteiger partial charge < -0.3 is 5.32 Å². The zero-order chi connectivity index (χ0) is 14.9. The lowest BCUT2D eigenvalue weighted by Gasteiger charge is -2.15. The minimum atomic E-state index is 0.477. The second-order valence-electron chi connectivity index (χ2n) is 5.88. The van der Waals surface area contributed by atoms with Crippen molar-refractivity contribution in [1.82, 2.24) is 15.1 Å². The van der Waals surface area contributed by atoms with E-state index in [-0.39, 0.29) is 0 Å². The van der Waals surface area contributed by atoms with Gasteiger partial charge in [0.15, 0.2) is 0 Å². The number of rotatable bonds is 4. The highest BCUT2D eigenvalue weighted by atomic mass is 15.3. The van der Waals surface area contributed by atoms with Gasteiger partial charge in [0, 0.05) is 18.3 Å². The quantitative estimate of drug-likeness (QED) is 0.920. The lowest BCUT2D eigenvalue weighted by atomic mass is 10.1. The Morgan fingerprint density at radius 1 is 1.15 bits per heavy atom. The lowest BCUT2D eigenvalue weighted by Crippen LogP contribution is -2.23. The Morgan fingerprint density at radius 2 is 1.85 bits per heavy atom. The topological polar surface area (TPSA) is 29.9 Å². The number of nitrogens with zero attached hydrogens (tertiary/aromatic N) is 2. The van der Waals surface area contributed by atoms with Crippen molar-refractivity contribution in [3.8, 4) is 5.69 Å². The van der Waals surface area contributed by atoms with E-state index in [2.05, 4.69) is 74.8 Å². The summed E-state index contributed by atoms with van der Waals surface area (Å²) in [6, 6.07) is 7.05. The van der Waals surface area contributed by atoms with E-state index >= 15 is 0 Å². The SMILES string of the molecule is Cc1ccc(-n2nc(C)c(C)c2C)c(CNC(C)C)c1. The number of nitrogens with one attached hydrogen (secondary N) is 1. The summed E-state index contributed by atoms with van der Waals surface area (Å²) in [4.78, 5) is 0. The molecule has 0 aliphatic carbocycles. The summed E-state index contributed by atoms with van der Waals surface area (Å²) in [5, 5.41) is 8.19. The summed E-state index contributed by atoms with van der Waals surface area (Å²) in [5.74, 6) is 0. The highest BCUT2D eigenvalue weighted by molar-refractivity contribution is 5.45. The Morgan fingerprint density at radius 3 is 2.40 bits per heavy atom. The molecule has 108 valence electrons. The number of aromatic nitrogens is 2. The fraction of sp³-hybridized carbons (Fsp3) is 0.471. The van der Waals surface area contributed by atoms with Crippen LogP contribution in [0.5, 0.6) is 0 Å². The Hall–Kier alpha value is -1.61. The molecule has 0 atom stereocenters. The lowest BCUT2D eigenvalue weighted by molar-refractivity contribution is 0.586. The summed E-state index contributed by atoms with van der Waals surface area (Å²) in [7, 11) is 0. The summed E-state index contributed by atoms with van der Waals surface area (Å²) in [5.41, 5.74) is 7.35. The van der Waals surface area contributed by atoms with E-state index in [9.17, 15) is 0 Å². The van der Waals surface area contributed by atoms with Gasteiger partial charge in [0.2, 0.25) is 0 Å². The standard InChI is InChI=1S/C17H25N3/c1-11(2)18-10-16-9-12(3)7-8-17(16)20-15(6)13(4)14(5)19-20/h7-9,11,18H,10H2,1-6H3. The van der Waals surface area contributed by atoms with Crippen molar-refractivity contribution < 1.29 is 0 Å². The Bertz CT molecular complexity index is 609. The van der Waals surface area contributed by atoms with Gasteiger partial charge in [-0.25, -0.2) is 4.68 Å². The molecule has 3 heteroatoms. The molecule has 2 rings (SSSR count). The molecule has 1 heterocycles. The van der Waals surface area contributed by atoms with E-state index in [4.69, 9.17) is 0 Å². The zero-order valence-corrected chi connectivity index (χ0v) is 13.4. The van der Waals surface area contributed by atoms with Crippen molar-refractivity contribution in [3.63, 3.8) is 0 Å². The second kappa shape index (κ2) is 5.80. The monoisotopic (exact) mass is 271 g/mol. The van der Waals surface area contributed by atoms with Gasteiger partial charge in [-0.15, -0.1) is 0 Å². The summed E-state index contributed by atoms with van der Waals surface area (Å²) >= 11 is 0. The first kappa shape index (κ1) is 14.8. The summed E-state index contributed by atoms with van der Waals surface area (Å²) < 4.78 is 2.07. The molecule has 20 heavy (non-hydrogen) atoms. The third-order valence-corrected chi connectivity index (χ3v) is 3.82. The van der Waals surface area contributed by atoms with Crippen LogP contribution < -0.4 is 5.32 Å². The Labute approximate surface area is 122 Å². The molecule has 0 radical (unpaired) electrons. The largest absolute Gasteiger partial charge is 0.310 e. The van der Waals surface area contributed by atoms with Crippen LogP contribution in [0, 0.1) is 27.7 Å². The van der Waals surface area contributed by atoms with E-state index in [1.807, 2.05) is 0 Å². The van der Waals surface area contributed by atoms with Gasteiger partial charge in [-0.05, 0) is 44.9 Å². The molecule has 0 aliphatic heterocycles. The first-order valence-corrected chi connectivity index (χ1v) is 7.26. The molecule has 0 amide bonds. The van der Waals surface area contributed by atoms with E-state index in [0.717, 1.165) is 12.2 Å². The van der Waals surface area contributed by atoms with Gasteiger partial charge in [-0.1, -0.05) is 31.5 Å². The molecular formula is C17H25N3. The van der Waals surface area contributed by atoms with E-state index in [1.54, 1.807) is 0 Å². The van der Waals surface area contributed by atoms with Crippen LogP contribution in [-0.4, -0.2) is 15.8 Å². The fourth-order valence-electron chi connectivity index (χ4n) is 2.33. The van der Waals surface area contributed by atoms with Crippen LogP contribution in [0.4, 0.5) is 0 Å². The highest BCUT2D eigenvalue weighted by Crippen LogP contribution is 2.21. The number of benzene rings is 1. The molecule has 0 bridgehead atoms. The maximum absolute atomic E-state index is 4.69. The maximum atomic E-state index is 4.69. The van der Waals surface area contributed by atoms with Gasteiger partial charge in [0.25, 0.3) is 0 Å². The molecule has 2 aromatic rings. The van der Waals surface area contributed by atoms with Gasteiger partial charge in [-0.2, -0.15) is 5.10 Å². The van der Waals surface area contributed by atoms with Gasteiger partial charge in [0.05, 0.1) is 11.4 Å².